The highest BCUT2D eigenvalue weighted by Crippen LogP contribution is 2.29. The number of hydrogen-bond donors (Lipinski definition) is 0. The molecule has 0 atom stereocenters. The van der Waals surface area contributed by atoms with Crippen LogP contribution in [0.4, 0.5) is 4.39 Å². The fourth-order valence-corrected chi connectivity index (χ4v) is 1.88. The van der Waals surface area contributed by atoms with Crippen LogP contribution in [0.3, 0.4) is 0 Å². The number of nitriles is 1. The Hall–Kier alpha value is -1.84. The van der Waals surface area contributed by atoms with Gasteiger partial charge in [0.15, 0.2) is 15.9 Å². The van der Waals surface area contributed by atoms with Crippen molar-refractivity contribution in [2.45, 2.75) is 5.16 Å². The molecular weight excluding hydrogens is 289 g/mol. The molecule has 19 heavy (non-hydrogen) atoms. The normalized spacial score (nSPS) is 10.0. The summed E-state index contributed by atoms with van der Waals surface area (Å²) in [7, 11) is 0. The Morgan fingerprint density at radius 2 is 2.00 bits per heavy atom. The summed E-state index contributed by atoms with van der Waals surface area (Å²) in [6.07, 6.45) is 1.78. The van der Waals surface area contributed by atoms with Crippen molar-refractivity contribution in [3.63, 3.8) is 0 Å². The number of halogens is 2. The molecule has 2 rings (SSSR count). The largest absolute Gasteiger partial charge is 0.437 e. The van der Waals surface area contributed by atoms with Crippen molar-refractivity contribution in [2.75, 3.05) is 6.26 Å². The van der Waals surface area contributed by atoms with Crippen LogP contribution in [0.5, 0.6) is 11.6 Å². The molecule has 2 aromatic rings. The maximum Gasteiger partial charge on any atom is 0.242 e. The van der Waals surface area contributed by atoms with Gasteiger partial charge in [-0.15, -0.1) is 0 Å². The number of nitrogens with zero attached hydrogens (tertiary/aromatic N) is 3. The summed E-state index contributed by atoms with van der Waals surface area (Å²) in [5.41, 5.74) is 0.0452. The topological polar surface area (TPSA) is 58.8 Å². The average molecular weight is 296 g/mol. The highest BCUT2D eigenvalue weighted by molar-refractivity contribution is 7.98. The van der Waals surface area contributed by atoms with Gasteiger partial charge in [0.2, 0.25) is 5.88 Å². The molecule has 0 radical (unpaired) electrons. The molecule has 0 unspecified atom stereocenters. The highest BCUT2D eigenvalue weighted by Gasteiger charge is 2.14. The minimum absolute atomic E-state index is 0.0268. The summed E-state index contributed by atoms with van der Waals surface area (Å²) in [6.45, 7) is 0. The third-order valence-electron chi connectivity index (χ3n) is 2.13. The van der Waals surface area contributed by atoms with Gasteiger partial charge in [-0.05, 0) is 30.5 Å². The molecule has 4 nitrogen and oxygen atoms in total. The van der Waals surface area contributed by atoms with E-state index < -0.39 is 0 Å². The van der Waals surface area contributed by atoms with E-state index in [9.17, 15) is 4.39 Å². The lowest BCUT2D eigenvalue weighted by Crippen LogP contribution is -1.97. The molecule has 0 spiro atoms. The lowest BCUT2D eigenvalue weighted by Gasteiger charge is -2.08. The second kappa shape index (κ2) is 5.87. The van der Waals surface area contributed by atoms with Crippen LogP contribution in [-0.2, 0) is 0 Å². The molecule has 0 fully saturated rings. The van der Waals surface area contributed by atoms with Gasteiger partial charge in [0.05, 0.1) is 0 Å². The molecule has 1 aromatic heterocycles. The smallest absolute Gasteiger partial charge is 0.242 e. The van der Waals surface area contributed by atoms with Crippen molar-refractivity contribution >= 4 is 23.4 Å². The van der Waals surface area contributed by atoms with Gasteiger partial charge in [-0.1, -0.05) is 23.4 Å². The van der Waals surface area contributed by atoms with Crippen LogP contribution >= 0.6 is 23.4 Å². The monoisotopic (exact) mass is 295 g/mol. The standard InChI is InChI=1S/C12H7ClFN3OS/c1-19-12-16-10(13)9(6-15)11(17-12)18-8-4-2-7(14)3-5-8/h2-5H,1H3. The molecule has 0 amide bonds. The van der Waals surface area contributed by atoms with E-state index in [-0.39, 0.29) is 22.4 Å². The van der Waals surface area contributed by atoms with Crippen LogP contribution in [0.2, 0.25) is 5.15 Å². The highest BCUT2D eigenvalue weighted by atomic mass is 35.5. The molecule has 0 aliphatic carbocycles. The van der Waals surface area contributed by atoms with Crippen LogP contribution in [-0.4, -0.2) is 16.2 Å². The molecule has 0 aliphatic heterocycles. The Labute approximate surface area is 118 Å². The maximum absolute atomic E-state index is 12.8. The number of thioether (sulfide) groups is 1. The van der Waals surface area contributed by atoms with E-state index in [1.165, 1.54) is 36.0 Å². The van der Waals surface area contributed by atoms with Gasteiger partial charge in [-0.2, -0.15) is 10.2 Å². The number of benzene rings is 1. The van der Waals surface area contributed by atoms with Crippen LogP contribution in [0, 0.1) is 17.1 Å². The summed E-state index contributed by atoms with van der Waals surface area (Å²) in [5.74, 6) is 0.0385. The molecule has 96 valence electrons. The van der Waals surface area contributed by atoms with Crippen LogP contribution in [0.15, 0.2) is 29.4 Å². The molecule has 1 aromatic carbocycles. The van der Waals surface area contributed by atoms with E-state index >= 15 is 0 Å². The lowest BCUT2D eigenvalue weighted by molar-refractivity contribution is 0.452. The fraction of sp³-hybridized carbons (Fsp3) is 0.0833. The molecule has 0 saturated heterocycles. The van der Waals surface area contributed by atoms with Crippen molar-refractivity contribution in [3.8, 4) is 17.7 Å². The predicted molar refractivity (Wildman–Crippen MR) is 70.0 cm³/mol. The lowest BCUT2D eigenvalue weighted by atomic mass is 10.3. The van der Waals surface area contributed by atoms with Crippen molar-refractivity contribution in [3.05, 3.63) is 40.8 Å². The van der Waals surface area contributed by atoms with Crippen molar-refractivity contribution < 1.29 is 9.13 Å². The Balaban J connectivity index is 2.41. The quantitative estimate of drug-likeness (QED) is 0.491. The van der Waals surface area contributed by atoms with Crippen LogP contribution < -0.4 is 4.74 Å². The fourth-order valence-electron chi connectivity index (χ4n) is 1.27. The number of aromatic nitrogens is 2. The van der Waals surface area contributed by atoms with Crippen molar-refractivity contribution in [1.29, 1.82) is 5.26 Å². The molecule has 0 saturated carbocycles. The molecular formula is C12H7ClFN3OS. The van der Waals surface area contributed by atoms with E-state index in [4.69, 9.17) is 21.6 Å². The third-order valence-corrected chi connectivity index (χ3v) is 2.95. The second-order valence-electron chi connectivity index (χ2n) is 3.35. The third kappa shape index (κ3) is 3.13. The molecule has 0 bridgehead atoms. The first-order valence-electron chi connectivity index (χ1n) is 5.09. The minimum atomic E-state index is -0.377. The second-order valence-corrected chi connectivity index (χ2v) is 4.48. The summed E-state index contributed by atoms with van der Waals surface area (Å²) < 4.78 is 18.2. The van der Waals surface area contributed by atoms with Gasteiger partial charge < -0.3 is 4.74 Å². The van der Waals surface area contributed by atoms with Crippen LogP contribution in [0.25, 0.3) is 0 Å². The van der Waals surface area contributed by atoms with E-state index in [0.717, 1.165) is 0 Å². The predicted octanol–water partition coefficient (Wildman–Crippen LogP) is 3.65. The maximum atomic E-state index is 12.8. The average Bonchev–Trinajstić information content (AvgIpc) is 2.41. The van der Waals surface area contributed by atoms with Gasteiger partial charge >= 0.3 is 0 Å². The van der Waals surface area contributed by atoms with E-state index in [1.54, 1.807) is 6.26 Å². The Morgan fingerprint density at radius 1 is 1.32 bits per heavy atom. The molecule has 7 heteroatoms. The van der Waals surface area contributed by atoms with Crippen molar-refractivity contribution in [1.82, 2.24) is 9.97 Å². The van der Waals surface area contributed by atoms with Crippen LogP contribution in [0.1, 0.15) is 5.56 Å². The van der Waals surface area contributed by atoms with Gasteiger partial charge in [0, 0.05) is 0 Å². The zero-order chi connectivity index (χ0) is 13.8. The molecule has 0 aliphatic rings. The van der Waals surface area contributed by atoms with E-state index in [2.05, 4.69) is 9.97 Å². The minimum Gasteiger partial charge on any atom is -0.437 e. The summed E-state index contributed by atoms with van der Waals surface area (Å²) in [4.78, 5) is 8.00. The summed E-state index contributed by atoms with van der Waals surface area (Å²) in [5, 5.41) is 9.44. The SMILES string of the molecule is CSc1nc(Cl)c(C#N)c(Oc2ccc(F)cc2)n1. The molecule has 1 heterocycles. The van der Waals surface area contributed by atoms with Gasteiger partial charge in [0.25, 0.3) is 0 Å². The van der Waals surface area contributed by atoms with E-state index in [0.29, 0.717) is 10.9 Å². The van der Waals surface area contributed by atoms with Gasteiger partial charge in [-0.3, -0.25) is 0 Å². The molecule has 0 N–H and O–H groups in total. The van der Waals surface area contributed by atoms with E-state index in [1.807, 2.05) is 6.07 Å². The zero-order valence-corrected chi connectivity index (χ0v) is 11.3. The summed E-state index contributed by atoms with van der Waals surface area (Å²) in [6, 6.07) is 7.25. The number of rotatable bonds is 3. The van der Waals surface area contributed by atoms with Crippen molar-refractivity contribution in [2.24, 2.45) is 0 Å². The van der Waals surface area contributed by atoms with Gasteiger partial charge in [-0.25, -0.2) is 9.37 Å². The Morgan fingerprint density at radius 3 is 2.58 bits per heavy atom. The first-order valence-corrected chi connectivity index (χ1v) is 6.69. The zero-order valence-electron chi connectivity index (χ0n) is 9.72. The number of ether oxygens (including phenoxy) is 1. The first-order chi connectivity index (χ1) is 9.13. The Bertz CT molecular complexity index is 643. The first kappa shape index (κ1) is 13.6. The summed E-state index contributed by atoms with van der Waals surface area (Å²) >= 11 is 7.15. The number of hydrogen-bond acceptors (Lipinski definition) is 5. The Kier molecular flexibility index (Phi) is 4.20. The van der Waals surface area contributed by atoms with Gasteiger partial charge in [0.1, 0.15) is 17.6 Å².